The molecule has 11 nitrogen and oxygen atoms in total. The summed E-state index contributed by atoms with van der Waals surface area (Å²) in [6.45, 7) is 1.52. The van der Waals surface area contributed by atoms with Crippen molar-refractivity contribution in [3.63, 3.8) is 0 Å². The summed E-state index contributed by atoms with van der Waals surface area (Å²) < 4.78 is 0. The van der Waals surface area contributed by atoms with E-state index in [1.54, 1.807) is 0 Å². The maximum absolute atomic E-state index is 13.7. The number of primary amides is 1. The molecular weight excluding hydrogens is 444 g/mol. The number of phenolic OH excluding ortho intramolecular Hbond substituents is 1. The van der Waals surface area contributed by atoms with E-state index in [0.29, 0.717) is 11.1 Å². The van der Waals surface area contributed by atoms with Crippen LogP contribution in [0.4, 0.5) is 5.69 Å². The molecule has 3 aliphatic carbocycles. The van der Waals surface area contributed by atoms with Crippen LogP contribution < -0.4 is 11.5 Å². The van der Waals surface area contributed by atoms with Gasteiger partial charge >= 0.3 is 0 Å². The highest BCUT2D eigenvalue weighted by Crippen LogP contribution is 2.53. The van der Waals surface area contributed by atoms with E-state index in [-0.39, 0.29) is 35.4 Å². The number of phenols is 1. The van der Waals surface area contributed by atoms with Crippen molar-refractivity contribution in [2.24, 2.45) is 17.6 Å². The summed E-state index contributed by atoms with van der Waals surface area (Å²) in [5.41, 5.74) is 8.01. The molecule has 3 aliphatic rings. The van der Waals surface area contributed by atoms with Gasteiger partial charge in [-0.15, -0.1) is 0 Å². The standard InChI is InChI=1S/C23H26N4O7/c1-7(24)9-6-12(25)17(28)14-10(9)4-8-5-11-16(27(2)3)19(30)15(22(26)33)21(32)23(11,34)20(31)13(8)18(14)29/h6,8,11,16,24,28-29,32,34H,4-5,25H2,1-3H3,(H2,26,33)/t8-,11-,16-,23-/m0/s1. The number of nitrogens with two attached hydrogens (primary N) is 2. The molecule has 0 aliphatic heterocycles. The predicted molar refractivity (Wildman–Crippen MR) is 121 cm³/mol. The molecule has 0 heterocycles. The maximum atomic E-state index is 13.7. The van der Waals surface area contributed by atoms with Crippen LogP contribution in [0.1, 0.15) is 30.0 Å². The fraction of sp³-hybridized carbons (Fsp3) is 0.391. The fourth-order valence-electron chi connectivity index (χ4n) is 5.67. The number of aliphatic hydroxyl groups excluding tert-OH is 2. The van der Waals surface area contributed by atoms with Gasteiger partial charge in [0.1, 0.15) is 22.8 Å². The predicted octanol–water partition coefficient (Wildman–Crippen LogP) is -0.0660. The number of carbonyl (C=O) groups is 3. The maximum Gasteiger partial charge on any atom is 0.255 e. The molecule has 1 aromatic rings. The molecule has 1 amide bonds. The van der Waals surface area contributed by atoms with E-state index in [0.717, 1.165) is 0 Å². The Morgan fingerprint density at radius 2 is 1.85 bits per heavy atom. The van der Waals surface area contributed by atoms with Crippen molar-refractivity contribution in [1.82, 2.24) is 4.90 Å². The van der Waals surface area contributed by atoms with E-state index in [4.69, 9.17) is 16.9 Å². The Balaban J connectivity index is 2.02. The zero-order valence-electron chi connectivity index (χ0n) is 18.8. The lowest BCUT2D eigenvalue weighted by Gasteiger charge is -2.50. The summed E-state index contributed by atoms with van der Waals surface area (Å²) in [5.74, 6) is -7.31. The number of hydrogen-bond acceptors (Lipinski definition) is 10. The topological polar surface area (TPSA) is 211 Å². The van der Waals surface area contributed by atoms with Crippen LogP contribution in [0.5, 0.6) is 5.75 Å². The van der Waals surface area contributed by atoms with E-state index < -0.39 is 63.8 Å². The Morgan fingerprint density at radius 1 is 1.24 bits per heavy atom. The molecule has 11 heteroatoms. The SMILES string of the molecule is CC(=N)c1cc(N)c(O)c2c1C[C@H]1C[C@H]3[C@H](N(C)C)C(=O)C(C(N)=O)=C(O)[C@@]3(O)C(=O)C1=C2O. The lowest BCUT2D eigenvalue weighted by molar-refractivity contribution is -0.153. The highest BCUT2D eigenvalue weighted by Gasteiger charge is 2.64. The molecule has 9 N–H and O–H groups in total. The number of ketones is 2. The van der Waals surface area contributed by atoms with Gasteiger partial charge in [0.05, 0.1) is 17.3 Å². The summed E-state index contributed by atoms with van der Waals surface area (Å²) in [7, 11) is 3.07. The van der Waals surface area contributed by atoms with Crippen molar-refractivity contribution in [3.05, 3.63) is 39.7 Å². The summed E-state index contributed by atoms with van der Waals surface area (Å²) in [6, 6.07) is 0.261. The van der Waals surface area contributed by atoms with Crippen molar-refractivity contribution in [2.45, 2.75) is 31.4 Å². The Labute approximate surface area is 194 Å². The fourth-order valence-corrected chi connectivity index (χ4v) is 5.67. The van der Waals surface area contributed by atoms with E-state index in [2.05, 4.69) is 0 Å². The van der Waals surface area contributed by atoms with Crippen LogP contribution in [0.2, 0.25) is 0 Å². The van der Waals surface area contributed by atoms with Crippen molar-refractivity contribution in [1.29, 1.82) is 5.41 Å². The van der Waals surface area contributed by atoms with Crippen LogP contribution in [0.25, 0.3) is 5.76 Å². The molecular formula is C23H26N4O7. The number of aliphatic hydroxyl groups is 3. The van der Waals surface area contributed by atoms with Gasteiger partial charge in [0.15, 0.2) is 11.4 Å². The number of amides is 1. The van der Waals surface area contributed by atoms with Crippen LogP contribution in [-0.2, 0) is 20.8 Å². The first-order valence-electron chi connectivity index (χ1n) is 10.6. The molecule has 0 unspecified atom stereocenters. The van der Waals surface area contributed by atoms with Crippen LogP contribution in [0.3, 0.4) is 0 Å². The average Bonchev–Trinajstić information content (AvgIpc) is 2.72. The lowest BCUT2D eigenvalue weighted by Crippen LogP contribution is -2.65. The Morgan fingerprint density at radius 3 is 2.38 bits per heavy atom. The van der Waals surface area contributed by atoms with E-state index in [9.17, 15) is 34.8 Å². The van der Waals surface area contributed by atoms with Gasteiger partial charge in [-0.25, -0.2) is 0 Å². The Bertz CT molecular complexity index is 1260. The van der Waals surface area contributed by atoms with Gasteiger partial charge in [0.25, 0.3) is 5.91 Å². The Hall–Kier alpha value is -3.70. The molecule has 0 aromatic heterocycles. The number of fused-ring (bicyclic) bond motifs is 3. The van der Waals surface area contributed by atoms with Gasteiger partial charge in [-0.3, -0.25) is 19.3 Å². The lowest BCUT2D eigenvalue weighted by atomic mass is 9.57. The molecule has 0 bridgehead atoms. The van der Waals surface area contributed by atoms with Crippen molar-refractivity contribution < 1.29 is 34.8 Å². The van der Waals surface area contributed by atoms with Crippen molar-refractivity contribution >= 4 is 34.6 Å². The molecule has 1 saturated carbocycles. The van der Waals surface area contributed by atoms with Gasteiger partial charge < -0.3 is 37.3 Å². The zero-order valence-corrected chi connectivity index (χ0v) is 18.8. The second-order valence-corrected chi connectivity index (χ2v) is 9.30. The number of aromatic hydroxyl groups is 1. The third-order valence-corrected chi connectivity index (χ3v) is 7.15. The highest BCUT2D eigenvalue weighted by molar-refractivity contribution is 6.24. The van der Waals surface area contributed by atoms with E-state index >= 15 is 0 Å². The third kappa shape index (κ3) is 2.83. The van der Waals surface area contributed by atoms with Crippen molar-refractivity contribution in [2.75, 3.05) is 19.8 Å². The minimum atomic E-state index is -2.69. The number of nitrogen functional groups attached to an aromatic ring is 1. The van der Waals surface area contributed by atoms with E-state index in [1.165, 1.54) is 32.0 Å². The molecule has 1 aromatic carbocycles. The normalized spacial score (nSPS) is 28.6. The summed E-state index contributed by atoms with van der Waals surface area (Å²) in [5, 5.41) is 52.1. The number of rotatable bonds is 3. The van der Waals surface area contributed by atoms with E-state index in [1.807, 2.05) is 0 Å². The number of Topliss-reactive ketones (excluding diaryl/α,β-unsaturated/α-hetero) is 2. The van der Waals surface area contributed by atoms with Crippen LogP contribution in [0.15, 0.2) is 23.0 Å². The number of carbonyl (C=O) groups excluding carboxylic acids is 3. The summed E-state index contributed by atoms with van der Waals surface area (Å²) >= 11 is 0. The first-order chi connectivity index (χ1) is 15.7. The number of hydrogen-bond donors (Lipinski definition) is 7. The highest BCUT2D eigenvalue weighted by atomic mass is 16.3. The molecule has 0 radical (unpaired) electrons. The minimum absolute atomic E-state index is 0.0204. The van der Waals surface area contributed by atoms with Crippen LogP contribution in [0, 0.1) is 17.2 Å². The number of likely N-dealkylation sites (N-methyl/N-ethyl adjacent to an activating group) is 1. The molecule has 0 spiro atoms. The number of nitrogens with zero attached hydrogens (tertiary/aromatic N) is 1. The monoisotopic (exact) mass is 470 g/mol. The van der Waals surface area contributed by atoms with Gasteiger partial charge in [-0.1, -0.05) is 0 Å². The molecule has 34 heavy (non-hydrogen) atoms. The molecule has 4 rings (SSSR count). The second kappa shape index (κ2) is 7.40. The quantitative estimate of drug-likeness (QED) is 0.136. The van der Waals surface area contributed by atoms with Crippen LogP contribution >= 0.6 is 0 Å². The molecule has 180 valence electrons. The molecule has 4 atom stereocenters. The largest absolute Gasteiger partial charge is 0.508 e. The summed E-state index contributed by atoms with van der Waals surface area (Å²) in [4.78, 5) is 40.2. The average molecular weight is 470 g/mol. The van der Waals surface area contributed by atoms with Crippen LogP contribution in [-0.4, -0.2) is 74.2 Å². The second-order valence-electron chi connectivity index (χ2n) is 9.30. The number of benzene rings is 1. The third-order valence-electron chi connectivity index (χ3n) is 7.15. The molecule has 0 saturated heterocycles. The first kappa shape index (κ1) is 23.5. The smallest absolute Gasteiger partial charge is 0.255 e. The van der Waals surface area contributed by atoms with Gasteiger partial charge in [0.2, 0.25) is 5.78 Å². The minimum Gasteiger partial charge on any atom is -0.508 e. The number of anilines is 1. The zero-order chi connectivity index (χ0) is 25.4. The van der Waals surface area contributed by atoms with Gasteiger partial charge in [-0.2, -0.15) is 0 Å². The van der Waals surface area contributed by atoms with Gasteiger partial charge in [0, 0.05) is 22.8 Å². The Kier molecular flexibility index (Phi) is 5.11. The molecule has 1 fully saturated rings. The van der Waals surface area contributed by atoms with Crippen molar-refractivity contribution in [3.8, 4) is 5.75 Å². The van der Waals surface area contributed by atoms with Gasteiger partial charge in [-0.05, 0) is 51.4 Å². The number of nitrogens with one attached hydrogen (secondary N) is 1. The summed E-state index contributed by atoms with van der Waals surface area (Å²) in [6.07, 6.45) is 0.0846. The first-order valence-corrected chi connectivity index (χ1v) is 10.6.